The van der Waals surface area contributed by atoms with Crippen LogP contribution in [0.2, 0.25) is 0 Å². The molecule has 1 aromatic rings. The summed E-state index contributed by atoms with van der Waals surface area (Å²) in [5.74, 6) is 0.321. The van der Waals surface area contributed by atoms with E-state index in [1.807, 2.05) is 6.07 Å². The van der Waals surface area contributed by atoms with Gasteiger partial charge in [-0.1, -0.05) is 12.1 Å². The lowest BCUT2D eigenvalue weighted by molar-refractivity contribution is -0.385. The highest BCUT2D eigenvalue weighted by atomic mass is 16.6. The first-order valence-corrected chi connectivity index (χ1v) is 6.45. The van der Waals surface area contributed by atoms with Gasteiger partial charge < -0.3 is 10.1 Å². The van der Waals surface area contributed by atoms with Crippen molar-refractivity contribution in [2.24, 2.45) is 0 Å². The molecule has 5 heteroatoms. The van der Waals surface area contributed by atoms with Crippen molar-refractivity contribution >= 4 is 5.69 Å². The monoisotopic (exact) mass is 262 g/mol. The summed E-state index contributed by atoms with van der Waals surface area (Å²) in [6.07, 6.45) is 4.79. The molecule has 1 aliphatic carbocycles. The number of nitrogens with one attached hydrogen (secondary N) is 1. The molecule has 0 saturated heterocycles. The normalized spacial score (nSPS) is 14.1. The maximum atomic E-state index is 11.0. The Kier molecular flexibility index (Phi) is 4.52. The van der Waals surface area contributed by atoms with Crippen LogP contribution in [0.3, 0.4) is 0 Å². The van der Waals surface area contributed by atoms with Crippen LogP contribution in [0.25, 0.3) is 0 Å². The summed E-state index contributed by atoms with van der Waals surface area (Å²) in [5.41, 5.74) is 0.939. The molecule has 0 radical (unpaired) electrons. The lowest BCUT2D eigenvalue weighted by Gasteiger charge is -2.08. The summed E-state index contributed by atoms with van der Waals surface area (Å²) in [7, 11) is 0. The zero-order valence-corrected chi connectivity index (χ0v) is 10.8. The Morgan fingerprint density at radius 3 is 2.95 bits per heavy atom. The van der Waals surface area contributed by atoms with Crippen LogP contribution in [-0.4, -0.2) is 17.6 Å². The van der Waals surface area contributed by atoms with Gasteiger partial charge in [-0.15, -0.1) is 6.58 Å². The number of benzene rings is 1. The first-order valence-electron chi connectivity index (χ1n) is 6.45. The van der Waals surface area contributed by atoms with E-state index in [1.54, 1.807) is 18.2 Å². The summed E-state index contributed by atoms with van der Waals surface area (Å²) in [5, 5.41) is 14.4. The minimum absolute atomic E-state index is 0.0270. The van der Waals surface area contributed by atoms with Gasteiger partial charge >= 0.3 is 5.69 Å². The third-order valence-electron chi connectivity index (χ3n) is 2.97. The number of ether oxygens (including phenoxy) is 1. The molecule has 1 aromatic carbocycles. The summed E-state index contributed by atoms with van der Waals surface area (Å²) in [4.78, 5) is 10.6. The molecule has 0 amide bonds. The molecular formula is C14H18N2O3. The largest absolute Gasteiger partial charge is 0.486 e. The van der Waals surface area contributed by atoms with Gasteiger partial charge in [-0.3, -0.25) is 10.1 Å². The van der Waals surface area contributed by atoms with Crippen molar-refractivity contribution in [2.45, 2.75) is 31.8 Å². The Morgan fingerprint density at radius 1 is 1.53 bits per heavy atom. The Morgan fingerprint density at radius 2 is 2.32 bits per heavy atom. The molecule has 5 nitrogen and oxygen atoms in total. The first-order chi connectivity index (χ1) is 9.20. The number of nitro benzene ring substituents is 1. The predicted octanol–water partition coefficient (Wildman–Crippen LogP) is 2.80. The van der Waals surface area contributed by atoms with E-state index in [0.29, 0.717) is 31.4 Å². The van der Waals surface area contributed by atoms with Crippen molar-refractivity contribution in [1.29, 1.82) is 0 Å². The van der Waals surface area contributed by atoms with Crippen molar-refractivity contribution in [1.82, 2.24) is 5.32 Å². The molecule has 0 unspecified atom stereocenters. The van der Waals surface area contributed by atoms with E-state index < -0.39 is 4.92 Å². The molecule has 0 bridgehead atoms. The van der Waals surface area contributed by atoms with Gasteiger partial charge in [0.25, 0.3) is 0 Å². The third-order valence-corrected chi connectivity index (χ3v) is 2.97. The molecule has 0 aromatic heterocycles. The van der Waals surface area contributed by atoms with Crippen LogP contribution in [0.15, 0.2) is 30.9 Å². The van der Waals surface area contributed by atoms with Crippen LogP contribution >= 0.6 is 0 Å². The van der Waals surface area contributed by atoms with Gasteiger partial charge in [0.1, 0.15) is 0 Å². The fourth-order valence-electron chi connectivity index (χ4n) is 1.74. The highest BCUT2D eigenvalue weighted by Crippen LogP contribution is 2.28. The second-order valence-electron chi connectivity index (χ2n) is 4.64. The Labute approximate surface area is 112 Å². The molecule has 1 N–H and O–H groups in total. The average Bonchev–Trinajstić information content (AvgIpc) is 3.21. The fraction of sp³-hybridized carbons (Fsp3) is 0.429. The molecular weight excluding hydrogens is 244 g/mol. The number of hydrogen-bond acceptors (Lipinski definition) is 4. The second-order valence-corrected chi connectivity index (χ2v) is 4.64. The molecule has 19 heavy (non-hydrogen) atoms. The summed E-state index contributed by atoms with van der Waals surface area (Å²) in [6, 6.07) is 5.71. The first kappa shape index (κ1) is 13.5. The second kappa shape index (κ2) is 6.33. The molecule has 2 rings (SSSR count). The predicted molar refractivity (Wildman–Crippen MR) is 73.3 cm³/mol. The molecule has 0 spiro atoms. The van der Waals surface area contributed by atoms with Gasteiger partial charge in [-0.25, -0.2) is 0 Å². The van der Waals surface area contributed by atoms with Crippen LogP contribution in [0.5, 0.6) is 5.75 Å². The molecule has 102 valence electrons. The Balaban J connectivity index is 2.04. The number of rotatable bonds is 8. The summed E-state index contributed by atoms with van der Waals surface area (Å²) in [6.45, 7) is 4.66. The average molecular weight is 262 g/mol. The number of nitro groups is 1. The van der Waals surface area contributed by atoms with E-state index in [9.17, 15) is 10.1 Å². The topological polar surface area (TPSA) is 64.4 Å². The van der Waals surface area contributed by atoms with Gasteiger partial charge in [-0.05, 0) is 30.9 Å². The van der Waals surface area contributed by atoms with Crippen molar-refractivity contribution in [2.75, 3.05) is 6.61 Å². The van der Waals surface area contributed by atoms with E-state index in [-0.39, 0.29) is 5.69 Å². The van der Waals surface area contributed by atoms with Crippen LogP contribution in [0.1, 0.15) is 24.8 Å². The SMILES string of the molecule is C=CCCOc1ccc(CNC2CC2)cc1[N+](=O)[O-]. The van der Waals surface area contributed by atoms with Crippen molar-refractivity contribution in [3.05, 3.63) is 46.5 Å². The lowest BCUT2D eigenvalue weighted by Crippen LogP contribution is -2.15. The van der Waals surface area contributed by atoms with Crippen molar-refractivity contribution in [3.63, 3.8) is 0 Å². The zero-order valence-electron chi connectivity index (χ0n) is 10.8. The third kappa shape index (κ3) is 4.06. The minimum Gasteiger partial charge on any atom is -0.486 e. The standard InChI is InChI=1S/C14H18N2O3/c1-2-3-8-19-14-7-4-11(9-13(14)16(17)18)10-15-12-5-6-12/h2,4,7,9,12,15H,1,3,5-6,8,10H2. The molecule has 0 heterocycles. The fourth-order valence-corrected chi connectivity index (χ4v) is 1.74. The van der Waals surface area contributed by atoms with E-state index in [0.717, 1.165) is 5.56 Å². The Hall–Kier alpha value is -1.88. The zero-order chi connectivity index (χ0) is 13.7. The molecule has 1 saturated carbocycles. The van der Waals surface area contributed by atoms with E-state index in [1.165, 1.54) is 12.8 Å². The maximum Gasteiger partial charge on any atom is 0.311 e. The summed E-state index contributed by atoms with van der Waals surface area (Å²) < 4.78 is 5.40. The van der Waals surface area contributed by atoms with Gasteiger partial charge in [0, 0.05) is 18.7 Å². The molecule has 1 fully saturated rings. The van der Waals surface area contributed by atoms with E-state index in [4.69, 9.17) is 4.74 Å². The van der Waals surface area contributed by atoms with Crippen molar-refractivity contribution in [3.8, 4) is 5.75 Å². The van der Waals surface area contributed by atoms with E-state index >= 15 is 0 Å². The molecule has 0 atom stereocenters. The smallest absolute Gasteiger partial charge is 0.311 e. The highest BCUT2D eigenvalue weighted by molar-refractivity contribution is 5.48. The molecule has 0 aliphatic heterocycles. The van der Waals surface area contributed by atoms with E-state index in [2.05, 4.69) is 11.9 Å². The van der Waals surface area contributed by atoms with Crippen LogP contribution in [0.4, 0.5) is 5.69 Å². The van der Waals surface area contributed by atoms with Crippen LogP contribution < -0.4 is 10.1 Å². The molecule has 1 aliphatic rings. The van der Waals surface area contributed by atoms with Gasteiger partial charge in [0.2, 0.25) is 0 Å². The van der Waals surface area contributed by atoms with Gasteiger partial charge in [0.15, 0.2) is 5.75 Å². The number of hydrogen-bond donors (Lipinski definition) is 1. The quantitative estimate of drug-likeness (QED) is 0.338. The van der Waals surface area contributed by atoms with Crippen LogP contribution in [-0.2, 0) is 6.54 Å². The summed E-state index contributed by atoms with van der Waals surface area (Å²) >= 11 is 0. The lowest BCUT2D eigenvalue weighted by atomic mass is 10.2. The minimum atomic E-state index is -0.399. The number of nitrogens with zero attached hydrogens (tertiary/aromatic N) is 1. The van der Waals surface area contributed by atoms with Crippen LogP contribution in [0, 0.1) is 10.1 Å². The van der Waals surface area contributed by atoms with Gasteiger partial charge in [0.05, 0.1) is 11.5 Å². The highest BCUT2D eigenvalue weighted by Gasteiger charge is 2.21. The maximum absolute atomic E-state index is 11.0. The van der Waals surface area contributed by atoms with Gasteiger partial charge in [-0.2, -0.15) is 0 Å². The van der Waals surface area contributed by atoms with Crippen molar-refractivity contribution < 1.29 is 9.66 Å². The Bertz CT molecular complexity index is 470.